The minimum atomic E-state index is 0.322. The lowest BCUT2D eigenvalue weighted by Crippen LogP contribution is -2.60. The Balaban J connectivity index is 5.11. The monoisotopic (exact) mass is 242 g/mol. The molecule has 1 atom stereocenters. The molecule has 2 nitrogen and oxygen atoms in total. The second-order valence-electron chi connectivity index (χ2n) is 5.45. The molecule has 0 aromatic carbocycles. The normalized spacial score (nSPS) is 14.6. The molecule has 0 spiro atoms. The number of rotatable bonds is 9. The van der Waals surface area contributed by atoms with Crippen LogP contribution in [0.5, 0.6) is 0 Å². The third-order valence-corrected chi connectivity index (χ3v) is 4.32. The highest BCUT2D eigenvalue weighted by Crippen LogP contribution is 2.31. The molecule has 0 aliphatic carbocycles. The van der Waals surface area contributed by atoms with Crippen molar-refractivity contribution >= 4 is 0 Å². The highest BCUT2D eigenvalue weighted by atomic mass is 15.2. The maximum atomic E-state index is 3.58. The van der Waals surface area contributed by atoms with E-state index in [1.807, 2.05) is 0 Å². The third-order valence-electron chi connectivity index (χ3n) is 4.32. The van der Waals surface area contributed by atoms with Crippen LogP contribution >= 0.6 is 0 Å². The first kappa shape index (κ1) is 16.9. The van der Waals surface area contributed by atoms with Gasteiger partial charge in [-0.05, 0) is 45.3 Å². The van der Waals surface area contributed by atoms with Gasteiger partial charge in [0.1, 0.15) is 0 Å². The van der Waals surface area contributed by atoms with Crippen molar-refractivity contribution in [3.8, 4) is 0 Å². The van der Waals surface area contributed by atoms with Gasteiger partial charge in [0.15, 0.2) is 0 Å². The van der Waals surface area contributed by atoms with Crippen molar-refractivity contribution in [1.82, 2.24) is 10.2 Å². The van der Waals surface area contributed by atoms with Gasteiger partial charge in [-0.1, -0.05) is 41.5 Å². The Morgan fingerprint density at radius 2 is 1.47 bits per heavy atom. The fraction of sp³-hybridized carbons (Fsp3) is 1.00. The maximum Gasteiger partial charge on any atom is 0.0357 e. The van der Waals surface area contributed by atoms with Gasteiger partial charge in [-0.15, -0.1) is 0 Å². The summed E-state index contributed by atoms with van der Waals surface area (Å²) in [4.78, 5) is 2.65. The zero-order valence-corrected chi connectivity index (χ0v) is 13.1. The third kappa shape index (κ3) is 3.96. The molecule has 0 aromatic heterocycles. The van der Waals surface area contributed by atoms with Crippen LogP contribution in [0.4, 0.5) is 0 Å². The first-order valence-electron chi connectivity index (χ1n) is 7.44. The molecule has 1 N–H and O–H groups in total. The van der Waals surface area contributed by atoms with Crippen LogP contribution in [-0.4, -0.2) is 36.6 Å². The number of hydrogen-bond acceptors (Lipinski definition) is 2. The van der Waals surface area contributed by atoms with Crippen LogP contribution in [0.15, 0.2) is 0 Å². The molecule has 0 heterocycles. The van der Waals surface area contributed by atoms with E-state index in [1.54, 1.807) is 0 Å². The highest BCUT2D eigenvalue weighted by molar-refractivity contribution is 4.98. The Morgan fingerprint density at radius 1 is 1.00 bits per heavy atom. The summed E-state index contributed by atoms with van der Waals surface area (Å²) in [6.07, 6.45) is 3.71. The number of nitrogens with zero attached hydrogens (tertiary/aromatic N) is 1. The summed E-state index contributed by atoms with van der Waals surface area (Å²) in [6.45, 7) is 16.2. The molecule has 104 valence electrons. The summed E-state index contributed by atoms with van der Waals surface area (Å²) in [5.41, 5.74) is 0.322. The van der Waals surface area contributed by atoms with Gasteiger partial charge in [-0.2, -0.15) is 0 Å². The lowest BCUT2D eigenvalue weighted by molar-refractivity contribution is 0.0444. The zero-order chi connectivity index (χ0) is 13.5. The second kappa shape index (κ2) is 8.10. The molecule has 0 radical (unpaired) electrons. The average Bonchev–Trinajstić information content (AvgIpc) is 2.33. The fourth-order valence-electron chi connectivity index (χ4n) is 3.34. The number of hydrogen-bond donors (Lipinski definition) is 1. The molecule has 2 heteroatoms. The van der Waals surface area contributed by atoms with Gasteiger partial charge in [0.25, 0.3) is 0 Å². The Bertz CT molecular complexity index is 181. The second-order valence-corrected chi connectivity index (χ2v) is 5.45. The van der Waals surface area contributed by atoms with E-state index >= 15 is 0 Å². The van der Waals surface area contributed by atoms with Gasteiger partial charge in [0.05, 0.1) is 0 Å². The standard InChI is InChI=1S/C15H34N2/c1-8-15(9-2,17(10-3)11-4)14(16-7)12-13(5)6/h13-14,16H,8-12H2,1-7H3. The summed E-state index contributed by atoms with van der Waals surface area (Å²) >= 11 is 0. The predicted octanol–water partition coefficient (Wildman–Crippen LogP) is 3.52. The van der Waals surface area contributed by atoms with Crippen molar-refractivity contribution in [3.63, 3.8) is 0 Å². The minimum absolute atomic E-state index is 0.322. The van der Waals surface area contributed by atoms with E-state index in [1.165, 1.54) is 19.3 Å². The molecule has 0 saturated carbocycles. The Hall–Kier alpha value is -0.0800. The molecule has 0 bridgehead atoms. The van der Waals surface area contributed by atoms with Crippen molar-refractivity contribution in [3.05, 3.63) is 0 Å². The Labute approximate surface area is 109 Å². The molecule has 0 aliphatic rings. The first-order chi connectivity index (χ1) is 8.02. The topological polar surface area (TPSA) is 15.3 Å². The van der Waals surface area contributed by atoms with Crippen molar-refractivity contribution in [2.45, 2.75) is 72.4 Å². The molecular weight excluding hydrogens is 208 g/mol. The molecule has 0 amide bonds. The van der Waals surface area contributed by atoms with E-state index in [0.717, 1.165) is 19.0 Å². The number of likely N-dealkylation sites (N-methyl/N-ethyl adjacent to an activating group) is 2. The van der Waals surface area contributed by atoms with Crippen molar-refractivity contribution < 1.29 is 0 Å². The van der Waals surface area contributed by atoms with Crippen LogP contribution in [0.1, 0.15) is 60.8 Å². The quantitative estimate of drug-likeness (QED) is 0.665. The fourth-order valence-corrected chi connectivity index (χ4v) is 3.34. The van der Waals surface area contributed by atoms with Crippen LogP contribution in [0.25, 0.3) is 0 Å². The molecule has 0 aliphatic heterocycles. The minimum Gasteiger partial charge on any atom is -0.315 e. The summed E-state index contributed by atoms with van der Waals surface area (Å²) in [5.74, 6) is 0.750. The molecule has 0 aromatic rings. The predicted molar refractivity (Wildman–Crippen MR) is 78.5 cm³/mol. The van der Waals surface area contributed by atoms with Gasteiger partial charge >= 0.3 is 0 Å². The number of nitrogens with one attached hydrogen (secondary N) is 1. The van der Waals surface area contributed by atoms with Gasteiger partial charge < -0.3 is 5.32 Å². The summed E-state index contributed by atoms with van der Waals surface area (Å²) in [6, 6.07) is 0.595. The van der Waals surface area contributed by atoms with Gasteiger partial charge in [0, 0.05) is 11.6 Å². The van der Waals surface area contributed by atoms with Crippen LogP contribution in [0.3, 0.4) is 0 Å². The lowest BCUT2D eigenvalue weighted by Gasteiger charge is -2.48. The average molecular weight is 242 g/mol. The summed E-state index contributed by atoms with van der Waals surface area (Å²) in [5, 5.41) is 3.58. The SMILES string of the molecule is CCN(CC)C(CC)(CC)C(CC(C)C)NC. The van der Waals surface area contributed by atoms with E-state index in [0.29, 0.717) is 11.6 Å². The molecule has 0 saturated heterocycles. The first-order valence-corrected chi connectivity index (χ1v) is 7.44. The summed E-state index contributed by atoms with van der Waals surface area (Å²) < 4.78 is 0. The van der Waals surface area contributed by atoms with Crippen LogP contribution in [0, 0.1) is 5.92 Å². The Morgan fingerprint density at radius 3 is 1.71 bits per heavy atom. The van der Waals surface area contributed by atoms with Crippen molar-refractivity contribution in [2.24, 2.45) is 5.92 Å². The van der Waals surface area contributed by atoms with Crippen LogP contribution < -0.4 is 5.32 Å². The van der Waals surface area contributed by atoms with E-state index in [4.69, 9.17) is 0 Å². The summed E-state index contributed by atoms with van der Waals surface area (Å²) in [7, 11) is 2.12. The zero-order valence-electron chi connectivity index (χ0n) is 13.1. The van der Waals surface area contributed by atoms with Crippen molar-refractivity contribution in [2.75, 3.05) is 20.1 Å². The maximum absolute atomic E-state index is 3.58. The molecule has 1 unspecified atom stereocenters. The molecule has 17 heavy (non-hydrogen) atoms. The molecule has 0 fully saturated rings. The Kier molecular flexibility index (Phi) is 8.06. The van der Waals surface area contributed by atoms with Gasteiger partial charge in [-0.25, -0.2) is 0 Å². The smallest absolute Gasteiger partial charge is 0.0357 e. The van der Waals surface area contributed by atoms with E-state index < -0.39 is 0 Å². The van der Waals surface area contributed by atoms with E-state index in [2.05, 4.69) is 58.8 Å². The van der Waals surface area contributed by atoms with Gasteiger partial charge in [0.2, 0.25) is 0 Å². The van der Waals surface area contributed by atoms with Crippen molar-refractivity contribution in [1.29, 1.82) is 0 Å². The van der Waals surface area contributed by atoms with Crippen LogP contribution in [-0.2, 0) is 0 Å². The van der Waals surface area contributed by atoms with Gasteiger partial charge in [-0.3, -0.25) is 4.90 Å². The highest BCUT2D eigenvalue weighted by Gasteiger charge is 2.38. The van der Waals surface area contributed by atoms with Crippen LogP contribution in [0.2, 0.25) is 0 Å². The largest absolute Gasteiger partial charge is 0.315 e. The molecular formula is C15H34N2. The van der Waals surface area contributed by atoms with E-state index in [9.17, 15) is 0 Å². The lowest BCUT2D eigenvalue weighted by atomic mass is 9.79. The molecule has 0 rings (SSSR count). The van der Waals surface area contributed by atoms with E-state index in [-0.39, 0.29) is 0 Å².